The van der Waals surface area contributed by atoms with Crippen LogP contribution in [0.25, 0.3) is 0 Å². The van der Waals surface area contributed by atoms with Crippen LogP contribution in [0.4, 0.5) is 0 Å². The van der Waals surface area contributed by atoms with E-state index in [2.05, 4.69) is 19.1 Å². The molecular formula is C25H40O3. The molecule has 0 aromatic heterocycles. The van der Waals surface area contributed by atoms with Crippen LogP contribution in [-0.2, 0) is 4.74 Å². The summed E-state index contributed by atoms with van der Waals surface area (Å²) in [5, 5.41) is 9.21. The number of carbonyl (C=O) groups excluding carboxylic acids is 1. The van der Waals surface area contributed by atoms with Crippen molar-refractivity contribution in [2.45, 2.75) is 96.8 Å². The molecule has 0 aliphatic heterocycles. The van der Waals surface area contributed by atoms with E-state index in [4.69, 9.17) is 4.74 Å². The van der Waals surface area contributed by atoms with Gasteiger partial charge in [-0.2, -0.15) is 0 Å². The normalized spacial score (nSPS) is 11.2. The molecule has 1 aromatic carbocycles. The zero-order valence-electron chi connectivity index (χ0n) is 17.8. The highest BCUT2D eigenvalue weighted by Crippen LogP contribution is 2.12. The molecule has 0 saturated heterocycles. The minimum absolute atomic E-state index is 0.157. The molecule has 0 atom stereocenters. The Morgan fingerprint density at radius 1 is 0.786 bits per heavy atom. The molecule has 3 nitrogen and oxygen atoms in total. The Kier molecular flexibility index (Phi) is 15.0. The van der Waals surface area contributed by atoms with E-state index in [1.807, 2.05) is 0 Å². The highest BCUT2D eigenvalue weighted by Gasteiger charge is 2.06. The fraction of sp³-hybridized carbons (Fsp3) is 0.640. The van der Waals surface area contributed by atoms with E-state index in [-0.39, 0.29) is 11.7 Å². The smallest absolute Gasteiger partial charge is 0.338 e. The van der Waals surface area contributed by atoms with Crippen molar-refractivity contribution in [3.63, 3.8) is 0 Å². The van der Waals surface area contributed by atoms with E-state index >= 15 is 0 Å². The molecule has 1 rings (SSSR count). The molecule has 0 spiro atoms. The zero-order valence-corrected chi connectivity index (χ0v) is 17.8. The van der Waals surface area contributed by atoms with Crippen molar-refractivity contribution >= 4 is 5.97 Å². The van der Waals surface area contributed by atoms with Crippen molar-refractivity contribution in [3.8, 4) is 5.75 Å². The van der Waals surface area contributed by atoms with Crippen molar-refractivity contribution in [1.29, 1.82) is 0 Å². The van der Waals surface area contributed by atoms with Gasteiger partial charge in [0.2, 0.25) is 0 Å². The summed E-state index contributed by atoms with van der Waals surface area (Å²) in [5.74, 6) is -0.157. The lowest BCUT2D eigenvalue weighted by Crippen LogP contribution is -2.06. The van der Waals surface area contributed by atoms with E-state index in [9.17, 15) is 9.90 Å². The molecule has 0 radical (unpaired) electrons. The van der Waals surface area contributed by atoms with E-state index < -0.39 is 0 Å². The Hall–Kier alpha value is -1.77. The first kappa shape index (κ1) is 24.3. The van der Waals surface area contributed by atoms with E-state index in [1.165, 1.54) is 89.2 Å². The molecule has 1 N–H and O–H groups in total. The second-order valence-corrected chi connectivity index (χ2v) is 7.62. The van der Waals surface area contributed by atoms with Crippen LogP contribution in [0, 0.1) is 0 Å². The number of unbranched alkanes of at least 4 members (excludes halogenated alkanes) is 12. The van der Waals surface area contributed by atoms with Crippen LogP contribution in [0.2, 0.25) is 0 Å². The first-order chi connectivity index (χ1) is 13.7. The molecule has 0 aliphatic carbocycles. The maximum absolute atomic E-state index is 11.8. The Balaban J connectivity index is 1.84. The summed E-state index contributed by atoms with van der Waals surface area (Å²) >= 11 is 0. The third kappa shape index (κ3) is 13.4. The van der Waals surface area contributed by atoms with Gasteiger partial charge in [-0.1, -0.05) is 76.9 Å². The Labute approximate surface area is 172 Å². The maximum Gasteiger partial charge on any atom is 0.338 e. The fourth-order valence-electron chi connectivity index (χ4n) is 3.20. The standard InChI is InChI=1S/C25H40O3/c1-2-3-4-5-6-7-8-9-10-11-12-13-14-15-16-17-22-28-25(27)23-18-20-24(26)21-19-23/h10-11,18-21,26H,2-9,12-17,22H2,1H3/b11-10+. The molecule has 0 aliphatic rings. The molecule has 28 heavy (non-hydrogen) atoms. The topological polar surface area (TPSA) is 46.5 Å². The van der Waals surface area contributed by atoms with Crippen molar-refractivity contribution < 1.29 is 14.6 Å². The van der Waals surface area contributed by atoms with Crippen LogP contribution < -0.4 is 0 Å². The largest absolute Gasteiger partial charge is 0.508 e. The molecule has 0 amide bonds. The molecule has 0 saturated carbocycles. The van der Waals surface area contributed by atoms with Gasteiger partial charge in [-0.15, -0.1) is 0 Å². The first-order valence-electron chi connectivity index (χ1n) is 11.3. The summed E-state index contributed by atoms with van der Waals surface area (Å²) in [5.41, 5.74) is 0.487. The lowest BCUT2D eigenvalue weighted by atomic mass is 10.1. The monoisotopic (exact) mass is 388 g/mol. The summed E-state index contributed by atoms with van der Waals surface area (Å²) in [7, 11) is 0. The van der Waals surface area contributed by atoms with Crippen LogP contribution in [0.15, 0.2) is 36.4 Å². The average Bonchev–Trinajstić information content (AvgIpc) is 2.70. The summed E-state index contributed by atoms with van der Waals surface area (Å²) < 4.78 is 5.26. The number of ether oxygens (including phenoxy) is 1. The summed E-state index contributed by atoms with van der Waals surface area (Å²) in [4.78, 5) is 11.8. The van der Waals surface area contributed by atoms with E-state index in [1.54, 1.807) is 12.1 Å². The van der Waals surface area contributed by atoms with Crippen LogP contribution in [0.3, 0.4) is 0 Å². The minimum Gasteiger partial charge on any atom is -0.508 e. The number of rotatable bonds is 17. The Bertz CT molecular complexity index is 519. The predicted octanol–water partition coefficient (Wildman–Crippen LogP) is 7.59. The third-order valence-electron chi connectivity index (χ3n) is 4.99. The minimum atomic E-state index is -0.314. The van der Waals surface area contributed by atoms with Crippen molar-refractivity contribution in [3.05, 3.63) is 42.0 Å². The Morgan fingerprint density at radius 3 is 1.86 bits per heavy atom. The second-order valence-electron chi connectivity index (χ2n) is 7.62. The van der Waals surface area contributed by atoms with Gasteiger partial charge < -0.3 is 9.84 Å². The lowest BCUT2D eigenvalue weighted by molar-refractivity contribution is 0.0497. The first-order valence-corrected chi connectivity index (χ1v) is 11.3. The van der Waals surface area contributed by atoms with Gasteiger partial charge in [0, 0.05) is 0 Å². The second kappa shape index (κ2) is 17.3. The van der Waals surface area contributed by atoms with Gasteiger partial charge >= 0.3 is 5.97 Å². The van der Waals surface area contributed by atoms with Gasteiger partial charge in [0.15, 0.2) is 0 Å². The van der Waals surface area contributed by atoms with E-state index in [0.717, 1.165) is 12.8 Å². The number of benzene rings is 1. The highest BCUT2D eigenvalue weighted by molar-refractivity contribution is 5.89. The molecule has 1 aromatic rings. The molecule has 0 fully saturated rings. The summed E-state index contributed by atoms with van der Waals surface area (Å²) in [6.07, 6.45) is 22.5. The number of aromatic hydroxyl groups is 1. The molecule has 0 heterocycles. The number of hydrogen-bond acceptors (Lipinski definition) is 3. The van der Waals surface area contributed by atoms with Crippen LogP contribution in [0.1, 0.15) is 107 Å². The van der Waals surface area contributed by atoms with Gasteiger partial charge in [-0.3, -0.25) is 0 Å². The van der Waals surface area contributed by atoms with Gasteiger partial charge in [0.1, 0.15) is 5.75 Å². The number of hydrogen-bond donors (Lipinski definition) is 1. The molecule has 158 valence electrons. The van der Waals surface area contributed by atoms with Crippen LogP contribution in [0.5, 0.6) is 5.75 Å². The quantitative estimate of drug-likeness (QED) is 0.170. The van der Waals surface area contributed by atoms with Gasteiger partial charge in [-0.25, -0.2) is 4.79 Å². The van der Waals surface area contributed by atoms with Crippen molar-refractivity contribution in [2.24, 2.45) is 0 Å². The molecule has 0 bridgehead atoms. The SMILES string of the molecule is CCCCCCCCC/C=C/CCCCCCCOC(=O)c1ccc(O)cc1. The predicted molar refractivity (Wildman–Crippen MR) is 118 cm³/mol. The van der Waals surface area contributed by atoms with Crippen molar-refractivity contribution in [2.75, 3.05) is 6.61 Å². The van der Waals surface area contributed by atoms with Gasteiger partial charge in [0.05, 0.1) is 12.2 Å². The van der Waals surface area contributed by atoms with Crippen molar-refractivity contribution in [1.82, 2.24) is 0 Å². The van der Waals surface area contributed by atoms with Crippen LogP contribution >= 0.6 is 0 Å². The van der Waals surface area contributed by atoms with Gasteiger partial charge in [0.25, 0.3) is 0 Å². The molecular weight excluding hydrogens is 348 g/mol. The zero-order chi connectivity index (χ0) is 20.3. The summed E-state index contributed by atoms with van der Waals surface area (Å²) in [6.45, 7) is 2.74. The number of phenolic OH excluding ortho intramolecular Hbond substituents is 1. The fourth-order valence-corrected chi connectivity index (χ4v) is 3.20. The maximum atomic E-state index is 11.8. The molecule has 0 unspecified atom stereocenters. The summed E-state index contributed by atoms with van der Waals surface area (Å²) in [6, 6.07) is 6.16. The third-order valence-corrected chi connectivity index (χ3v) is 4.99. The van der Waals surface area contributed by atoms with E-state index in [0.29, 0.717) is 12.2 Å². The Morgan fingerprint density at radius 2 is 1.29 bits per heavy atom. The van der Waals surface area contributed by atoms with Gasteiger partial charge in [-0.05, 0) is 56.4 Å². The van der Waals surface area contributed by atoms with Crippen LogP contribution in [-0.4, -0.2) is 17.7 Å². The average molecular weight is 389 g/mol. The number of allylic oxidation sites excluding steroid dienone is 2. The lowest BCUT2D eigenvalue weighted by Gasteiger charge is -2.05. The molecule has 3 heteroatoms. The number of phenols is 1. The highest BCUT2D eigenvalue weighted by atomic mass is 16.5. The number of esters is 1. The number of carbonyl (C=O) groups is 1.